The lowest BCUT2D eigenvalue weighted by molar-refractivity contribution is 0.416. The van der Waals surface area contributed by atoms with Gasteiger partial charge in [0.25, 0.3) is 0 Å². The molecule has 7 aromatic heterocycles. The standard InChI is InChI=1S/C5H5N.3C4H4N2.3C4H5N.2C3H4N2.2C3H3NO.C2H3N3.C2H2N2O/c1-2-4-6-5-3-1;1-2-6-4-3-5-1;1-2-5-4-6-3-1;1-2-4-6-5-3-1;5*1-2-4-5-3-1;1-2-5-3-4-1;2*1-2-4-5-3-1;1-3-2-5-4-1/h1-5H;3*1-4H;2*1,3-4H,2H2;1-3H,4H2;2-3H,1H2;1-2H,3H2;2*1-3H;1H,2H2;1-2H. The number of allylic oxidation sites excluding steroid dienone is 3. The van der Waals surface area contributed by atoms with E-state index in [0.717, 1.165) is 32.4 Å². The van der Waals surface area contributed by atoms with Gasteiger partial charge < -0.3 is 13.5 Å². The van der Waals surface area contributed by atoms with Crippen LogP contribution in [0.25, 0.3) is 0 Å². The Bertz CT molecular complexity index is 1760. The zero-order valence-electron chi connectivity index (χ0n) is 37.4. The second kappa shape index (κ2) is 54.3. The lowest BCUT2D eigenvalue weighted by Gasteiger charge is -1.70. The topological polar surface area (TPSA) is 305 Å². The fourth-order valence-electron chi connectivity index (χ4n) is 3.13. The number of rotatable bonds is 0. The molecule has 0 fully saturated rings. The van der Waals surface area contributed by atoms with Crippen LogP contribution in [0.2, 0.25) is 0 Å². The molecule has 0 spiro atoms. The molecule has 0 amide bonds. The Balaban J connectivity index is 0.000000374. The molecule has 6 aliphatic heterocycles. The van der Waals surface area contributed by atoms with Crippen molar-refractivity contribution in [2.24, 2.45) is 50.8 Å². The highest BCUT2D eigenvalue weighted by Crippen LogP contribution is 1.88. The molecule has 0 unspecified atom stereocenters. The summed E-state index contributed by atoms with van der Waals surface area (Å²) in [6.07, 6.45) is 57.3. The van der Waals surface area contributed by atoms with Crippen molar-refractivity contribution >= 4 is 37.3 Å². The molecule has 0 saturated carbocycles. The van der Waals surface area contributed by atoms with Crippen LogP contribution in [0.4, 0.5) is 0 Å². The lowest BCUT2D eigenvalue weighted by atomic mass is 10.5. The molecule has 0 aromatic carbocycles. The van der Waals surface area contributed by atoms with Crippen molar-refractivity contribution in [3.8, 4) is 0 Å². The molecule has 6 aliphatic rings. The maximum atomic E-state index is 4.47. The van der Waals surface area contributed by atoms with E-state index >= 15 is 0 Å². The third kappa shape index (κ3) is 52.4. The van der Waals surface area contributed by atoms with Crippen LogP contribution in [0.1, 0.15) is 19.3 Å². The summed E-state index contributed by atoms with van der Waals surface area (Å²) >= 11 is 0. The smallest absolute Gasteiger partial charge is 0.213 e. The summed E-state index contributed by atoms with van der Waals surface area (Å²) in [6.45, 7) is 2.33. The zero-order chi connectivity index (χ0) is 48.8. The first kappa shape index (κ1) is 57.1. The normalized spacial score (nSPS) is 12.2. The monoisotopic (exact) mass is 933 g/mol. The fraction of sp³-hybridized carbons (Fsp3) is 0.133. The van der Waals surface area contributed by atoms with Gasteiger partial charge in [-0.2, -0.15) is 35.7 Å². The largest absolute Gasteiger partial charge is 0.452 e. The third-order valence-electron chi connectivity index (χ3n) is 5.84. The van der Waals surface area contributed by atoms with Crippen LogP contribution >= 0.6 is 0 Å². The first-order chi connectivity index (χ1) is 34.5. The van der Waals surface area contributed by atoms with Crippen LogP contribution in [0.3, 0.4) is 0 Å². The highest BCUT2D eigenvalue weighted by molar-refractivity contribution is 5.82. The van der Waals surface area contributed by atoms with Crippen LogP contribution in [0, 0.1) is 0 Å². The summed E-state index contributed by atoms with van der Waals surface area (Å²) in [5, 5.41) is 38.0. The molecule has 13 rings (SSSR count). The number of hydrogen-bond donors (Lipinski definition) is 0. The van der Waals surface area contributed by atoms with E-state index in [1.54, 1.807) is 130 Å². The predicted octanol–water partition coefficient (Wildman–Crippen LogP) is 8.36. The number of nitrogens with zero attached hydrogens (tertiary/aromatic N) is 21. The van der Waals surface area contributed by atoms with Crippen molar-refractivity contribution in [1.29, 1.82) is 0 Å². The van der Waals surface area contributed by atoms with Gasteiger partial charge in [0.15, 0.2) is 12.7 Å². The Labute approximate surface area is 398 Å². The maximum absolute atomic E-state index is 4.47. The summed E-state index contributed by atoms with van der Waals surface area (Å²) in [6, 6.07) is 12.9. The number of hydrogen-bond acceptors (Lipinski definition) is 24. The minimum Gasteiger partial charge on any atom is -0.452 e. The lowest BCUT2D eigenvalue weighted by Crippen LogP contribution is -1.69. The average molecular weight is 934 g/mol. The number of azo groups is 1. The molecule has 13 heterocycles. The molecule has 24 nitrogen and oxygen atoms in total. The number of pyridine rings is 1. The highest BCUT2D eigenvalue weighted by Gasteiger charge is 1.77. The molecule has 7 aromatic rings. The minimum absolute atomic E-state index is 0.667. The van der Waals surface area contributed by atoms with Gasteiger partial charge in [0.1, 0.15) is 18.9 Å². The van der Waals surface area contributed by atoms with E-state index in [1.807, 2.05) is 73.1 Å². The van der Waals surface area contributed by atoms with Crippen molar-refractivity contribution < 1.29 is 13.5 Å². The Hall–Kier alpha value is -9.87. The van der Waals surface area contributed by atoms with Gasteiger partial charge in [0.2, 0.25) is 6.39 Å². The second-order valence-corrected chi connectivity index (χ2v) is 10.9. The van der Waals surface area contributed by atoms with E-state index in [0.29, 0.717) is 6.54 Å². The van der Waals surface area contributed by atoms with Crippen molar-refractivity contribution in [2.75, 3.05) is 19.6 Å². The molecule has 354 valence electrons. The average Bonchev–Trinajstić information content (AvgIpc) is 4.31. The van der Waals surface area contributed by atoms with Gasteiger partial charge in [-0.15, -0.1) is 5.10 Å². The van der Waals surface area contributed by atoms with E-state index in [1.165, 1.54) is 38.0 Å². The van der Waals surface area contributed by atoms with Gasteiger partial charge in [-0.3, -0.25) is 29.9 Å². The fourth-order valence-corrected chi connectivity index (χ4v) is 3.13. The van der Waals surface area contributed by atoms with Gasteiger partial charge in [-0.1, -0.05) is 34.6 Å². The van der Waals surface area contributed by atoms with Crippen LogP contribution in [0.15, 0.2) is 268 Å². The van der Waals surface area contributed by atoms with Crippen molar-refractivity contribution in [1.82, 2.24) is 55.4 Å². The van der Waals surface area contributed by atoms with Crippen LogP contribution < -0.4 is 0 Å². The van der Waals surface area contributed by atoms with Crippen LogP contribution in [-0.4, -0.2) is 112 Å². The van der Waals surface area contributed by atoms with E-state index in [2.05, 4.69) is 120 Å². The van der Waals surface area contributed by atoms with Crippen molar-refractivity contribution in [3.05, 3.63) is 204 Å². The second-order valence-electron chi connectivity index (χ2n) is 10.9. The summed E-state index contributed by atoms with van der Waals surface area (Å²) in [7, 11) is 0. The molecular formula is C45H51N21O3. The summed E-state index contributed by atoms with van der Waals surface area (Å²) in [4.78, 5) is 37.0. The maximum Gasteiger partial charge on any atom is 0.213 e. The van der Waals surface area contributed by atoms with Crippen LogP contribution in [0.5, 0.6) is 0 Å². The first-order valence-electron chi connectivity index (χ1n) is 20.2. The SMILES string of the molecule is C1=CCN=C1.C1=CN=CC1.C1=CN=CC1.C1=CN=NC1.C1=NN=CC1.C1=NN=NC1.c1ccncc1.c1ccnnc1.c1cnccn1.c1cncnc1.c1cnoc1.c1cocn1.c1ncon1. The molecule has 0 aliphatic carbocycles. The number of aromatic nitrogens is 11. The van der Waals surface area contributed by atoms with Crippen molar-refractivity contribution in [3.63, 3.8) is 0 Å². The Morgan fingerprint density at radius 1 is 0.391 bits per heavy atom. The quantitative estimate of drug-likeness (QED) is 0.138. The van der Waals surface area contributed by atoms with Gasteiger partial charge in [0, 0.05) is 131 Å². The van der Waals surface area contributed by atoms with Crippen LogP contribution in [-0.2, 0) is 0 Å². The molecule has 0 N–H and O–H groups in total. The van der Waals surface area contributed by atoms with E-state index in [4.69, 9.17) is 0 Å². The minimum atomic E-state index is 0.667. The molecule has 0 atom stereocenters. The van der Waals surface area contributed by atoms with E-state index in [9.17, 15) is 0 Å². The summed E-state index contributed by atoms with van der Waals surface area (Å²) in [5.41, 5.74) is 0. The molecular weight excluding hydrogens is 883 g/mol. The van der Waals surface area contributed by atoms with Crippen molar-refractivity contribution in [2.45, 2.75) is 19.3 Å². The first-order valence-corrected chi connectivity index (χ1v) is 20.2. The van der Waals surface area contributed by atoms with Gasteiger partial charge in [-0.25, -0.2) is 19.9 Å². The Morgan fingerprint density at radius 3 is 1.26 bits per heavy atom. The molecule has 0 radical (unpaired) electrons. The molecule has 69 heavy (non-hydrogen) atoms. The number of oxazole rings is 1. The van der Waals surface area contributed by atoms with Gasteiger partial charge >= 0.3 is 0 Å². The Morgan fingerprint density at radius 2 is 1.09 bits per heavy atom. The predicted molar refractivity (Wildman–Crippen MR) is 263 cm³/mol. The molecule has 24 heteroatoms. The highest BCUT2D eigenvalue weighted by atomic mass is 16.5. The third-order valence-corrected chi connectivity index (χ3v) is 5.84. The summed E-state index contributed by atoms with van der Waals surface area (Å²) in [5.74, 6) is 0. The summed E-state index contributed by atoms with van der Waals surface area (Å²) < 4.78 is 13.0. The van der Waals surface area contributed by atoms with E-state index in [-0.39, 0.29) is 0 Å². The number of aliphatic imine (C=N–C) groups is 3. The molecule has 0 bridgehead atoms. The zero-order valence-corrected chi connectivity index (χ0v) is 37.4. The van der Waals surface area contributed by atoms with E-state index < -0.39 is 0 Å². The van der Waals surface area contributed by atoms with Gasteiger partial charge in [0.05, 0.1) is 38.2 Å². The molecule has 0 saturated heterocycles. The Kier molecular flexibility index (Phi) is 44.9. The van der Waals surface area contributed by atoms with Gasteiger partial charge in [-0.05, 0) is 53.8 Å².